The van der Waals surface area contributed by atoms with Crippen LogP contribution >= 0.6 is 0 Å². The van der Waals surface area contributed by atoms with Crippen LogP contribution in [0.5, 0.6) is 5.75 Å². The number of benzene rings is 2. The van der Waals surface area contributed by atoms with Crippen LogP contribution in [0.15, 0.2) is 48.5 Å². The molecule has 118 valence electrons. The number of hydrogen-bond donors (Lipinski definition) is 0. The van der Waals surface area contributed by atoms with Crippen LogP contribution in [0.25, 0.3) is 11.0 Å². The fourth-order valence-corrected chi connectivity index (χ4v) is 2.46. The zero-order valence-corrected chi connectivity index (χ0v) is 14.1. The molecule has 0 aliphatic carbocycles. The lowest BCUT2D eigenvalue weighted by molar-refractivity contribution is 0.300. The molecule has 0 bridgehead atoms. The third-order valence-electron chi connectivity index (χ3n) is 3.94. The van der Waals surface area contributed by atoms with Gasteiger partial charge in [0.1, 0.15) is 12.4 Å². The summed E-state index contributed by atoms with van der Waals surface area (Å²) in [5.41, 5.74) is 5.06. The summed E-state index contributed by atoms with van der Waals surface area (Å²) in [6.07, 6.45) is 0. The molecule has 23 heavy (non-hydrogen) atoms. The van der Waals surface area contributed by atoms with Gasteiger partial charge in [0.15, 0.2) is 0 Å². The topological polar surface area (TPSA) is 35.0 Å². The van der Waals surface area contributed by atoms with Crippen molar-refractivity contribution in [2.24, 2.45) is 0 Å². The van der Waals surface area contributed by atoms with Crippen LogP contribution in [0.2, 0.25) is 0 Å². The highest BCUT2D eigenvalue weighted by atomic mass is 16.5. The van der Waals surface area contributed by atoms with Gasteiger partial charge in [0.25, 0.3) is 0 Å². The van der Waals surface area contributed by atoms with Crippen LogP contribution in [0.4, 0.5) is 0 Å². The van der Waals surface area contributed by atoms with Crippen LogP contribution in [-0.2, 0) is 12.0 Å². The maximum absolute atomic E-state index is 5.89. The molecule has 3 nitrogen and oxygen atoms in total. The van der Waals surface area contributed by atoms with E-state index in [-0.39, 0.29) is 5.41 Å². The molecule has 0 fully saturated rings. The van der Waals surface area contributed by atoms with Crippen molar-refractivity contribution in [3.05, 3.63) is 65.5 Å². The van der Waals surface area contributed by atoms with Gasteiger partial charge in [-0.2, -0.15) is 0 Å². The fraction of sp³-hybridized carbons (Fsp3) is 0.300. The predicted octanol–water partition coefficient (Wildman–Crippen LogP) is 4.81. The summed E-state index contributed by atoms with van der Waals surface area (Å²) in [5.74, 6) is 0.854. The smallest absolute Gasteiger partial charge is 0.132 e. The SMILES string of the molecule is Cc1nc2ccccc2nc1COc1ccc(C(C)(C)C)cc1. The first kappa shape index (κ1) is 15.5. The van der Waals surface area contributed by atoms with Crippen molar-refractivity contribution in [3.63, 3.8) is 0 Å². The number of aryl methyl sites for hydroxylation is 1. The van der Waals surface area contributed by atoms with E-state index in [0.29, 0.717) is 6.61 Å². The van der Waals surface area contributed by atoms with E-state index in [1.807, 2.05) is 43.3 Å². The van der Waals surface area contributed by atoms with Gasteiger partial charge in [-0.25, -0.2) is 9.97 Å². The first-order valence-electron chi connectivity index (χ1n) is 7.89. The van der Waals surface area contributed by atoms with E-state index in [0.717, 1.165) is 28.2 Å². The Morgan fingerprint density at radius 3 is 2.09 bits per heavy atom. The zero-order valence-electron chi connectivity index (χ0n) is 14.1. The highest BCUT2D eigenvalue weighted by Gasteiger charge is 2.13. The number of ether oxygens (including phenoxy) is 1. The Labute approximate surface area is 137 Å². The molecule has 1 aromatic heterocycles. The van der Waals surface area contributed by atoms with E-state index in [1.165, 1.54) is 5.56 Å². The molecule has 0 unspecified atom stereocenters. The van der Waals surface area contributed by atoms with Crippen molar-refractivity contribution in [2.45, 2.75) is 39.7 Å². The monoisotopic (exact) mass is 306 g/mol. The van der Waals surface area contributed by atoms with Crippen LogP contribution in [0, 0.1) is 6.92 Å². The molecule has 0 aliphatic rings. The Morgan fingerprint density at radius 2 is 1.48 bits per heavy atom. The van der Waals surface area contributed by atoms with Crippen LogP contribution in [-0.4, -0.2) is 9.97 Å². The summed E-state index contributed by atoms with van der Waals surface area (Å²) in [7, 11) is 0. The van der Waals surface area contributed by atoms with Gasteiger partial charge in [-0.1, -0.05) is 45.0 Å². The molecule has 3 aromatic rings. The Balaban J connectivity index is 1.76. The molecular weight excluding hydrogens is 284 g/mol. The zero-order chi connectivity index (χ0) is 16.4. The number of nitrogens with zero attached hydrogens (tertiary/aromatic N) is 2. The van der Waals surface area contributed by atoms with Crippen molar-refractivity contribution in [1.82, 2.24) is 9.97 Å². The predicted molar refractivity (Wildman–Crippen MR) is 93.7 cm³/mol. The summed E-state index contributed by atoms with van der Waals surface area (Å²) in [5, 5.41) is 0. The Morgan fingerprint density at radius 1 is 0.870 bits per heavy atom. The number of para-hydroxylation sites is 2. The molecule has 0 atom stereocenters. The molecule has 0 amide bonds. The van der Waals surface area contributed by atoms with Crippen molar-refractivity contribution in [3.8, 4) is 5.75 Å². The van der Waals surface area contributed by atoms with Crippen LogP contribution < -0.4 is 4.74 Å². The summed E-state index contributed by atoms with van der Waals surface area (Å²) in [6, 6.07) is 16.2. The number of rotatable bonds is 3. The van der Waals surface area contributed by atoms with Crippen LogP contribution in [0.3, 0.4) is 0 Å². The highest BCUT2D eigenvalue weighted by molar-refractivity contribution is 5.74. The van der Waals surface area contributed by atoms with Crippen molar-refractivity contribution in [1.29, 1.82) is 0 Å². The number of aromatic nitrogens is 2. The molecule has 2 aromatic carbocycles. The molecule has 3 rings (SSSR count). The van der Waals surface area contributed by atoms with Gasteiger partial charge in [0.05, 0.1) is 22.4 Å². The largest absolute Gasteiger partial charge is 0.487 e. The molecule has 0 spiro atoms. The van der Waals surface area contributed by atoms with Gasteiger partial charge in [-0.15, -0.1) is 0 Å². The summed E-state index contributed by atoms with van der Waals surface area (Å²) in [6.45, 7) is 9.02. The van der Waals surface area contributed by atoms with E-state index in [4.69, 9.17) is 4.74 Å². The summed E-state index contributed by atoms with van der Waals surface area (Å²) >= 11 is 0. The molecule has 3 heteroatoms. The van der Waals surface area contributed by atoms with Gasteiger partial charge < -0.3 is 4.74 Å². The second kappa shape index (κ2) is 5.99. The third-order valence-corrected chi connectivity index (χ3v) is 3.94. The normalized spacial score (nSPS) is 11.7. The second-order valence-electron chi connectivity index (χ2n) is 6.81. The molecule has 0 aliphatic heterocycles. The lowest BCUT2D eigenvalue weighted by Crippen LogP contribution is -2.10. The highest BCUT2D eigenvalue weighted by Crippen LogP contribution is 2.24. The van der Waals surface area contributed by atoms with E-state index in [1.54, 1.807) is 0 Å². The number of fused-ring (bicyclic) bond motifs is 1. The summed E-state index contributed by atoms with van der Waals surface area (Å²) in [4.78, 5) is 9.25. The first-order chi connectivity index (χ1) is 10.9. The molecule has 0 saturated carbocycles. The van der Waals surface area contributed by atoms with Gasteiger partial charge >= 0.3 is 0 Å². The average Bonchev–Trinajstić information content (AvgIpc) is 2.52. The lowest BCUT2D eigenvalue weighted by atomic mass is 9.87. The van der Waals surface area contributed by atoms with Crippen LogP contribution in [0.1, 0.15) is 37.7 Å². The molecule has 1 heterocycles. The molecular formula is C20H22N2O. The Bertz CT molecular complexity index is 817. The van der Waals surface area contributed by atoms with Crippen molar-refractivity contribution in [2.75, 3.05) is 0 Å². The van der Waals surface area contributed by atoms with Gasteiger partial charge in [-0.05, 0) is 42.2 Å². The Hall–Kier alpha value is -2.42. The van der Waals surface area contributed by atoms with Gasteiger partial charge in [0.2, 0.25) is 0 Å². The molecule has 0 radical (unpaired) electrons. The Kier molecular flexibility index (Phi) is 4.03. The van der Waals surface area contributed by atoms with E-state index in [9.17, 15) is 0 Å². The van der Waals surface area contributed by atoms with Crippen molar-refractivity contribution >= 4 is 11.0 Å². The quantitative estimate of drug-likeness (QED) is 0.696. The first-order valence-corrected chi connectivity index (χ1v) is 7.89. The van der Waals surface area contributed by atoms with E-state index in [2.05, 4.69) is 42.9 Å². The average molecular weight is 306 g/mol. The lowest BCUT2D eigenvalue weighted by Gasteiger charge is -2.19. The molecule has 0 N–H and O–H groups in total. The minimum Gasteiger partial charge on any atom is -0.487 e. The van der Waals surface area contributed by atoms with Crippen molar-refractivity contribution < 1.29 is 4.74 Å². The van der Waals surface area contributed by atoms with E-state index < -0.39 is 0 Å². The standard InChI is InChI=1S/C20H22N2O/c1-14-19(22-18-8-6-5-7-17(18)21-14)13-23-16-11-9-15(10-12-16)20(2,3)4/h5-12H,13H2,1-4H3. The fourth-order valence-electron chi connectivity index (χ4n) is 2.46. The molecule has 0 saturated heterocycles. The van der Waals surface area contributed by atoms with E-state index >= 15 is 0 Å². The maximum Gasteiger partial charge on any atom is 0.132 e. The minimum absolute atomic E-state index is 0.152. The minimum atomic E-state index is 0.152. The van der Waals surface area contributed by atoms with Gasteiger partial charge in [0, 0.05) is 0 Å². The number of hydrogen-bond acceptors (Lipinski definition) is 3. The second-order valence-corrected chi connectivity index (χ2v) is 6.81. The summed E-state index contributed by atoms with van der Waals surface area (Å²) < 4.78 is 5.89. The van der Waals surface area contributed by atoms with Gasteiger partial charge in [-0.3, -0.25) is 0 Å². The third kappa shape index (κ3) is 3.50. The maximum atomic E-state index is 5.89.